The second-order valence-electron chi connectivity index (χ2n) is 8.50. The van der Waals surface area contributed by atoms with E-state index >= 15 is 0 Å². The third kappa shape index (κ3) is 3.97. The number of amides is 1. The van der Waals surface area contributed by atoms with E-state index in [-0.39, 0.29) is 28.6 Å². The second kappa shape index (κ2) is 7.72. The standard InChI is InChI=1S/C22H25ClFN3O3/c1-27(2)18-6-4-3-5-15(18)20(29)26-22-11-21(12-22,13-22)25-19(28)10-30-14-7-8-16(23)17(24)9-14/h3-9,19,25,28H,10-13H2,1-2H3,(H,26,29). The van der Waals surface area contributed by atoms with Crippen LogP contribution in [0.1, 0.15) is 29.6 Å². The van der Waals surface area contributed by atoms with Crippen LogP contribution < -0.4 is 20.3 Å². The summed E-state index contributed by atoms with van der Waals surface area (Å²) in [7, 11) is 3.82. The summed E-state index contributed by atoms with van der Waals surface area (Å²) in [5, 5.41) is 16.6. The molecule has 1 atom stereocenters. The predicted molar refractivity (Wildman–Crippen MR) is 114 cm³/mol. The highest BCUT2D eigenvalue weighted by Crippen LogP contribution is 2.60. The van der Waals surface area contributed by atoms with E-state index in [1.165, 1.54) is 12.1 Å². The summed E-state index contributed by atoms with van der Waals surface area (Å²) in [5.41, 5.74) is 1.12. The number of ether oxygens (including phenoxy) is 1. The van der Waals surface area contributed by atoms with Gasteiger partial charge in [0, 0.05) is 36.9 Å². The van der Waals surface area contributed by atoms with E-state index in [1.54, 1.807) is 6.07 Å². The molecule has 1 unspecified atom stereocenters. The molecule has 0 spiro atoms. The fraction of sp³-hybridized carbons (Fsp3) is 0.409. The monoisotopic (exact) mass is 433 g/mol. The molecule has 2 aromatic carbocycles. The molecule has 6 nitrogen and oxygen atoms in total. The molecule has 0 heterocycles. The largest absolute Gasteiger partial charge is 0.489 e. The number of nitrogens with zero attached hydrogens (tertiary/aromatic N) is 1. The van der Waals surface area contributed by atoms with Crippen LogP contribution in [0.2, 0.25) is 5.02 Å². The number of hydrogen-bond acceptors (Lipinski definition) is 5. The number of aliphatic hydroxyl groups excluding tert-OH is 1. The molecule has 3 saturated carbocycles. The molecule has 0 aliphatic heterocycles. The van der Waals surface area contributed by atoms with Crippen molar-refractivity contribution in [3.63, 3.8) is 0 Å². The summed E-state index contributed by atoms with van der Waals surface area (Å²) in [5.74, 6) is -0.343. The van der Waals surface area contributed by atoms with Gasteiger partial charge in [0.05, 0.1) is 10.6 Å². The molecule has 160 valence electrons. The number of rotatable bonds is 8. The minimum absolute atomic E-state index is 0.0155. The summed E-state index contributed by atoms with van der Waals surface area (Å²) in [6.45, 7) is -0.0155. The number of halogens is 2. The fourth-order valence-electron chi connectivity index (χ4n) is 4.57. The summed E-state index contributed by atoms with van der Waals surface area (Å²) < 4.78 is 18.9. The third-order valence-corrected chi connectivity index (χ3v) is 6.12. The van der Waals surface area contributed by atoms with Gasteiger partial charge in [-0.3, -0.25) is 10.1 Å². The average molecular weight is 434 g/mol. The first-order chi connectivity index (χ1) is 14.2. The second-order valence-corrected chi connectivity index (χ2v) is 8.91. The van der Waals surface area contributed by atoms with Crippen LogP contribution in [-0.4, -0.2) is 49.0 Å². The van der Waals surface area contributed by atoms with Gasteiger partial charge in [-0.05, 0) is 43.5 Å². The van der Waals surface area contributed by atoms with Crippen molar-refractivity contribution in [2.45, 2.75) is 36.6 Å². The van der Waals surface area contributed by atoms with Crippen LogP contribution >= 0.6 is 11.6 Å². The molecule has 3 aliphatic rings. The van der Waals surface area contributed by atoms with Crippen LogP contribution in [0.15, 0.2) is 42.5 Å². The molecule has 2 aromatic rings. The Balaban J connectivity index is 1.26. The lowest BCUT2D eigenvalue weighted by Gasteiger charge is -2.71. The molecule has 8 heteroatoms. The first-order valence-corrected chi connectivity index (χ1v) is 10.2. The maximum Gasteiger partial charge on any atom is 0.253 e. The Morgan fingerprint density at radius 1 is 1.23 bits per heavy atom. The maximum absolute atomic E-state index is 13.5. The Labute approximate surface area is 180 Å². The van der Waals surface area contributed by atoms with E-state index in [2.05, 4.69) is 10.6 Å². The number of anilines is 1. The number of aliphatic hydroxyl groups is 1. The number of nitrogens with one attached hydrogen (secondary N) is 2. The highest BCUT2D eigenvalue weighted by atomic mass is 35.5. The quantitative estimate of drug-likeness (QED) is 0.558. The molecular formula is C22H25ClFN3O3. The molecule has 3 aliphatic carbocycles. The third-order valence-electron chi connectivity index (χ3n) is 5.81. The molecule has 3 N–H and O–H groups in total. The summed E-state index contributed by atoms with van der Waals surface area (Å²) in [6, 6.07) is 11.7. The van der Waals surface area contributed by atoms with Gasteiger partial charge in [0.25, 0.3) is 5.91 Å². The van der Waals surface area contributed by atoms with Crippen LogP contribution in [0, 0.1) is 5.82 Å². The average Bonchev–Trinajstić information content (AvgIpc) is 2.66. The first kappa shape index (κ1) is 20.9. The normalized spacial score (nSPS) is 25.0. The zero-order valence-corrected chi connectivity index (χ0v) is 17.7. The topological polar surface area (TPSA) is 73.8 Å². The summed E-state index contributed by atoms with van der Waals surface area (Å²) in [4.78, 5) is 14.7. The molecule has 30 heavy (non-hydrogen) atoms. The van der Waals surface area contributed by atoms with Crippen molar-refractivity contribution in [3.05, 3.63) is 58.9 Å². The minimum Gasteiger partial charge on any atom is -0.489 e. The number of para-hydroxylation sites is 1. The molecular weight excluding hydrogens is 409 g/mol. The number of benzene rings is 2. The van der Waals surface area contributed by atoms with Crippen molar-refractivity contribution >= 4 is 23.2 Å². The SMILES string of the molecule is CN(C)c1ccccc1C(=O)NC12CC(NC(O)COc3ccc(Cl)c(F)c3)(C1)C2. The van der Waals surface area contributed by atoms with Crippen molar-refractivity contribution in [2.24, 2.45) is 0 Å². The highest BCUT2D eigenvalue weighted by Gasteiger charge is 2.68. The van der Waals surface area contributed by atoms with E-state index in [0.29, 0.717) is 11.3 Å². The zero-order valence-electron chi connectivity index (χ0n) is 16.9. The number of carbonyl (C=O) groups is 1. The summed E-state index contributed by atoms with van der Waals surface area (Å²) >= 11 is 5.65. The maximum atomic E-state index is 13.5. The Morgan fingerprint density at radius 3 is 2.60 bits per heavy atom. The van der Waals surface area contributed by atoms with Gasteiger partial charge in [-0.25, -0.2) is 4.39 Å². The van der Waals surface area contributed by atoms with E-state index in [9.17, 15) is 14.3 Å². The Kier molecular flexibility index (Phi) is 5.38. The number of hydrogen-bond donors (Lipinski definition) is 3. The van der Waals surface area contributed by atoms with Crippen LogP contribution in [0.4, 0.5) is 10.1 Å². The van der Waals surface area contributed by atoms with Gasteiger partial charge < -0.3 is 20.1 Å². The van der Waals surface area contributed by atoms with Gasteiger partial charge in [0.1, 0.15) is 24.4 Å². The molecule has 0 saturated heterocycles. The lowest BCUT2D eigenvalue weighted by molar-refractivity contribution is -0.127. The Morgan fingerprint density at radius 2 is 1.93 bits per heavy atom. The van der Waals surface area contributed by atoms with Gasteiger partial charge in [-0.1, -0.05) is 23.7 Å². The van der Waals surface area contributed by atoms with Crippen molar-refractivity contribution < 1.29 is 19.0 Å². The first-order valence-electron chi connectivity index (χ1n) is 9.83. The van der Waals surface area contributed by atoms with E-state index < -0.39 is 12.0 Å². The Bertz CT molecular complexity index is 949. The van der Waals surface area contributed by atoms with Crippen LogP contribution in [0.25, 0.3) is 0 Å². The molecule has 0 aromatic heterocycles. The van der Waals surface area contributed by atoms with Gasteiger partial charge in [-0.2, -0.15) is 0 Å². The van der Waals surface area contributed by atoms with Crippen molar-refractivity contribution in [1.82, 2.24) is 10.6 Å². The van der Waals surface area contributed by atoms with Gasteiger partial charge >= 0.3 is 0 Å². The smallest absolute Gasteiger partial charge is 0.253 e. The number of carbonyl (C=O) groups excluding carboxylic acids is 1. The van der Waals surface area contributed by atoms with Crippen LogP contribution in [-0.2, 0) is 0 Å². The van der Waals surface area contributed by atoms with E-state index in [0.717, 1.165) is 24.9 Å². The minimum atomic E-state index is -0.896. The van der Waals surface area contributed by atoms with Crippen molar-refractivity contribution in [1.29, 1.82) is 0 Å². The molecule has 2 bridgehead atoms. The molecule has 5 rings (SSSR count). The van der Waals surface area contributed by atoms with Crippen LogP contribution in [0.3, 0.4) is 0 Å². The van der Waals surface area contributed by atoms with E-state index in [4.69, 9.17) is 16.3 Å². The zero-order chi connectivity index (χ0) is 21.5. The highest BCUT2D eigenvalue weighted by molar-refractivity contribution is 6.30. The lowest BCUT2D eigenvalue weighted by atomic mass is 9.44. The molecule has 0 radical (unpaired) electrons. The molecule has 1 amide bonds. The van der Waals surface area contributed by atoms with Gasteiger partial charge in [0.15, 0.2) is 0 Å². The predicted octanol–water partition coefficient (Wildman–Crippen LogP) is 2.94. The lowest BCUT2D eigenvalue weighted by Crippen LogP contribution is -2.84. The van der Waals surface area contributed by atoms with Crippen molar-refractivity contribution in [2.75, 3.05) is 25.6 Å². The fourth-order valence-corrected chi connectivity index (χ4v) is 4.69. The van der Waals surface area contributed by atoms with Gasteiger partial charge in [0.2, 0.25) is 0 Å². The van der Waals surface area contributed by atoms with Crippen molar-refractivity contribution in [3.8, 4) is 5.75 Å². The summed E-state index contributed by atoms with van der Waals surface area (Å²) in [6.07, 6.45) is 1.36. The van der Waals surface area contributed by atoms with Gasteiger partial charge in [-0.15, -0.1) is 0 Å². The van der Waals surface area contributed by atoms with E-state index in [1.807, 2.05) is 43.3 Å². The Hall–Kier alpha value is -2.35. The van der Waals surface area contributed by atoms with Crippen LogP contribution in [0.5, 0.6) is 5.75 Å². The molecule has 3 fully saturated rings.